The summed E-state index contributed by atoms with van der Waals surface area (Å²) in [6, 6.07) is 8.93. The Balaban J connectivity index is 1.58. The fraction of sp³-hybridized carbons (Fsp3) is 0.286. The number of hydrogen-bond donors (Lipinski definition) is 1. The van der Waals surface area contributed by atoms with E-state index in [0.29, 0.717) is 35.8 Å². The third-order valence-electron chi connectivity index (χ3n) is 4.81. The third kappa shape index (κ3) is 3.54. The van der Waals surface area contributed by atoms with Crippen LogP contribution < -0.4 is 14.8 Å². The van der Waals surface area contributed by atoms with Gasteiger partial charge < -0.3 is 14.8 Å². The van der Waals surface area contributed by atoms with Crippen molar-refractivity contribution in [2.45, 2.75) is 26.8 Å². The molecule has 0 unspecified atom stereocenters. The number of aryl methyl sites for hydroxylation is 2. The van der Waals surface area contributed by atoms with Gasteiger partial charge in [-0.3, -0.25) is 4.79 Å². The number of nitrogens with zero attached hydrogens (tertiary/aromatic N) is 2. The first-order chi connectivity index (χ1) is 13.4. The summed E-state index contributed by atoms with van der Waals surface area (Å²) in [6.45, 7) is 6.83. The van der Waals surface area contributed by atoms with E-state index in [0.717, 1.165) is 26.9 Å². The van der Waals surface area contributed by atoms with Crippen molar-refractivity contribution in [2.75, 3.05) is 13.2 Å². The lowest BCUT2D eigenvalue weighted by Gasteiger charge is -2.22. The van der Waals surface area contributed by atoms with Crippen LogP contribution in [-0.4, -0.2) is 29.1 Å². The number of fused-ring (bicyclic) bond motifs is 2. The van der Waals surface area contributed by atoms with E-state index in [9.17, 15) is 4.79 Å². The number of carbonyl (C=O) groups excluding carboxylic acids is 1. The Morgan fingerprint density at radius 2 is 1.68 bits per heavy atom. The van der Waals surface area contributed by atoms with Crippen LogP contribution in [-0.2, 0) is 0 Å². The van der Waals surface area contributed by atoms with Gasteiger partial charge in [0.15, 0.2) is 11.5 Å². The molecule has 2 heterocycles. The Hall–Kier alpha value is -2.67. The first-order valence-corrected chi connectivity index (χ1v) is 9.86. The van der Waals surface area contributed by atoms with Crippen LogP contribution in [0, 0.1) is 13.8 Å². The molecule has 0 spiro atoms. The van der Waals surface area contributed by atoms with E-state index in [1.54, 1.807) is 12.1 Å². The molecule has 1 aliphatic heterocycles. The summed E-state index contributed by atoms with van der Waals surface area (Å²) in [5, 5.41) is 3.04. The van der Waals surface area contributed by atoms with Crippen LogP contribution in [0.1, 0.15) is 40.3 Å². The summed E-state index contributed by atoms with van der Waals surface area (Å²) in [5.74, 6) is 1.23. The van der Waals surface area contributed by atoms with Crippen LogP contribution >= 0.6 is 15.9 Å². The second kappa shape index (κ2) is 7.39. The monoisotopic (exact) mass is 441 g/mol. The van der Waals surface area contributed by atoms with Crippen molar-refractivity contribution >= 4 is 32.9 Å². The summed E-state index contributed by atoms with van der Waals surface area (Å²) in [7, 11) is 0. The SMILES string of the molecule is Cc1nc2ccc(C(=O)N[C@@H](C)c3cc4c(cc3Br)OCCO4)cc2nc1C. The van der Waals surface area contributed by atoms with Crippen molar-refractivity contribution in [3.05, 3.63) is 57.3 Å². The quantitative estimate of drug-likeness (QED) is 0.656. The molecule has 1 aromatic heterocycles. The van der Waals surface area contributed by atoms with Gasteiger partial charge in [-0.2, -0.15) is 0 Å². The van der Waals surface area contributed by atoms with Crippen LogP contribution in [0.4, 0.5) is 0 Å². The zero-order valence-electron chi connectivity index (χ0n) is 15.9. The third-order valence-corrected chi connectivity index (χ3v) is 5.50. The summed E-state index contributed by atoms with van der Waals surface area (Å²) >= 11 is 3.56. The molecule has 28 heavy (non-hydrogen) atoms. The molecular weight excluding hydrogens is 422 g/mol. The van der Waals surface area contributed by atoms with E-state index in [4.69, 9.17) is 9.47 Å². The number of aromatic nitrogens is 2. The van der Waals surface area contributed by atoms with Gasteiger partial charge in [-0.25, -0.2) is 9.97 Å². The van der Waals surface area contributed by atoms with Crippen LogP contribution in [0.15, 0.2) is 34.8 Å². The van der Waals surface area contributed by atoms with E-state index in [1.165, 1.54) is 0 Å². The number of carbonyl (C=O) groups is 1. The molecule has 6 nitrogen and oxygen atoms in total. The minimum absolute atomic E-state index is 0.170. The number of halogens is 1. The Kier molecular flexibility index (Phi) is 4.93. The number of nitrogens with one attached hydrogen (secondary N) is 1. The van der Waals surface area contributed by atoms with Gasteiger partial charge in [0, 0.05) is 10.0 Å². The maximum absolute atomic E-state index is 12.8. The fourth-order valence-electron chi connectivity index (χ4n) is 3.14. The van der Waals surface area contributed by atoms with Crippen molar-refractivity contribution in [3.8, 4) is 11.5 Å². The van der Waals surface area contributed by atoms with Gasteiger partial charge in [0.25, 0.3) is 5.91 Å². The van der Waals surface area contributed by atoms with Crippen LogP contribution in [0.25, 0.3) is 11.0 Å². The summed E-state index contributed by atoms with van der Waals surface area (Å²) in [4.78, 5) is 21.8. The molecule has 1 N–H and O–H groups in total. The van der Waals surface area contributed by atoms with Crippen molar-refractivity contribution in [3.63, 3.8) is 0 Å². The van der Waals surface area contributed by atoms with E-state index in [1.807, 2.05) is 39.0 Å². The zero-order chi connectivity index (χ0) is 19.8. The molecule has 0 aliphatic carbocycles. The Labute approximate surface area is 171 Å². The van der Waals surface area contributed by atoms with E-state index in [-0.39, 0.29) is 11.9 Å². The first-order valence-electron chi connectivity index (χ1n) is 9.07. The van der Waals surface area contributed by atoms with Crippen molar-refractivity contribution in [2.24, 2.45) is 0 Å². The standard InChI is InChI=1S/C21H20BrN3O3/c1-11-12(2)24-18-8-14(4-5-17(18)23-11)21(26)25-13(3)15-9-19-20(10-16(15)22)28-7-6-27-19/h4-5,8-10,13H,6-7H2,1-3H3,(H,25,26)/t13-/m0/s1. The molecule has 1 aliphatic rings. The van der Waals surface area contributed by atoms with E-state index in [2.05, 4.69) is 31.2 Å². The Bertz CT molecular complexity index is 1080. The average Bonchev–Trinajstić information content (AvgIpc) is 2.67. The van der Waals surface area contributed by atoms with Gasteiger partial charge >= 0.3 is 0 Å². The molecule has 0 saturated carbocycles. The molecule has 1 atom stereocenters. The Morgan fingerprint density at radius 1 is 1.04 bits per heavy atom. The molecule has 0 saturated heterocycles. The fourth-order valence-corrected chi connectivity index (χ4v) is 3.81. The minimum Gasteiger partial charge on any atom is -0.486 e. The minimum atomic E-state index is -0.223. The zero-order valence-corrected chi connectivity index (χ0v) is 17.5. The first kappa shape index (κ1) is 18.7. The summed E-state index contributed by atoms with van der Waals surface area (Å²) in [6.07, 6.45) is 0. The van der Waals surface area contributed by atoms with Crippen LogP contribution in [0.5, 0.6) is 11.5 Å². The number of rotatable bonds is 3. The smallest absolute Gasteiger partial charge is 0.251 e. The summed E-state index contributed by atoms with van der Waals surface area (Å²) < 4.78 is 12.1. The lowest BCUT2D eigenvalue weighted by Crippen LogP contribution is -2.27. The van der Waals surface area contributed by atoms with Crippen LogP contribution in [0.2, 0.25) is 0 Å². The molecule has 7 heteroatoms. The maximum Gasteiger partial charge on any atom is 0.251 e. The normalized spacial score (nSPS) is 14.0. The molecular formula is C21H20BrN3O3. The lowest BCUT2D eigenvalue weighted by atomic mass is 10.1. The highest BCUT2D eigenvalue weighted by Crippen LogP contribution is 2.37. The van der Waals surface area contributed by atoms with Crippen LogP contribution in [0.3, 0.4) is 0 Å². The predicted molar refractivity (Wildman–Crippen MR) is 110 cm³/mol. The average molecular weight is 442 g/mol. The number of hydrogen-bond acceptors (Lipinski definition) is 5. The number of benzene rings is 2. The van der Waals surface area contributed by atoms with E-state index < -0.39 is 0 Å². The van der Waals surface area contributed by atoms with Gasteiger partial charge in [-0.05, 0) is 56.7 Å². The molecule has 1 amide bonds. The van der Waals surface area contributed by atoms with Gasteiger partial charge in [0.2, 0.25) is 0 Å². The molecule has 0 radical (unpaired) electrons. The summed E-state index contributed by atoms with van der Waals surface area (Å²) in [5.41, 5.74) is 4.71. The second-order valence-electron chi connectivity index (χ2n) is 6.81. The lowest BCUT2D eigenvalue weighted by molar-refractivity contribution is 0.0939. The molecule has 2 aromatic carbocycles. The van der Waals surface area contributed by atoms with Crippen molar-refractivity contribution < 1.29 is 14.3 Å². The highest BCUT2D eigenvalue weighted by molar-refractivity contribution is 9.10. The number of ether oxygens (including phenoxy) is 2. The largest absolute Gasteiger partial charge is 0.486 e. The predicted octanol–water partition coefficient (Wildman–Crippen LogP) is 4.27. The molecule has 4 rings (SSSR count). The van der Waals surface area contributed by atoms with Gasteiger partial charge in [-0.15, -0.1) is 0 Å². The molecule has 0 bridgehead atoms. The molecule has 0 fully saturated rings. The Morgan fingerprint density at radius 3 is 2.39 bits per heavy atom. The highest BCUT2D eigenvalue weighted by atomic mass is 79.9. The highest BCUT2D eigenvalue weighted by Gasteiger charge is 2.20. The molecule has 144 valence electrons. The number of amides is 1. The van der Waals surface area contributed by atoms with Crippen molar-refractivity contribution in [1.29, 1.82) is 0 Å². The van der Waals surface area contributed by atoms with Crippen molar-refractivity contribution in [1.82, 2.24) is 15.3 Å². The molecule has 3 aromatic rings. The van der Waals surface area contributed by atoms with E-state index >= 15 is 0 Å². The topological polar surface area (TPSA) is 73.3 Å². The van der Waals surface area contributed by atoms with Gasteiger partial charge in [0.1, 0.15) is 13.2 Å². The second-order valence-corrected chi connectivity index (χ2v) is 7.66. The van der Waals surface area contributed by atoms with Gasteiger partial charge in [0.05, 0.1) is 28.5 Å². The maximum atomic E-state index is 12.8. The van der Waals surface area contributed by atoms with Gasteiger partial charge in [-0.1, -0.05) is 15.9 Å².